The number of methoxy groups -OCH3 is 1. The molecule has 9 nitrogen and oxygen atoms in total. The zero-order valence-electron chi connectivity index (χ0n) is 16.0. The van der Waals surface area contributed by atoms with E-state index in [4.69, 9.17) is 4.74 Å². The van der Waals surface area contributed by atoms with Gasteiger partial charge in [-0.3, -0.25) is 4.79 Å². The molecule has 0 spiro atoms. The average Bonchev–Trinajstić information content (AvgIpc) is 2.80. The predicted octanol–water partition coefficient (Wildman–Crippen LogP) is 1.98. The van der Waals surface area contributed by atoms with E-state index in [9.17, 15) is 4.79 Å². The van der Waals surface area contributed by atoms with E-state index in [1.54, 1.807) is 31.6 Å². The molecule has 1 N–H and O–H groups in total. The summed E-state index contributed by atoms with van der Waals surface area (Å²) >= 11 is 0. The Hall–Kier alpha value is -3.75. The normalized spacial score (nSPS) is 13.8. The van der Waals surface area contributed by atoms with Crippen LogP contribution in [0.1, 0.15) is 10.4 Å². The summed E-state index contributed by atoms with van der Waals surface area (Å²) in [5, 5.41) is 3.17. The van der Waals surface area contributed by atoms with Crippen molar-refractivity contribution in [3.05, 3.63) is 60.7 Å². The van der Waals surface area contributed by atoms with Gasteiger partial charge in [0.25, 0.3) is 5.91 Å². The predicted molar refractivity (Wildman–Crippen MR) is 108 cm³/mol. The summed E-state index contributed by atoms with van der Waals surface area (Å²) in [5.41, 5.74) is 0.558. The number of amides is 1. The van der Waals surface area contributed by atoms with Crippen LogP contribution in [0.4, 0.5) is 17.5 Å². The molecule has 3 aromatic heterocycles. The van der Waals surface area contributed by atoms with Crippen molar-refractivity contribution in [1.82, 2.24) is 24.8 Å². The van der Waals surface area contributed by atoms with Crippen molar-refractivity contribution in [3.8, 4) is 5.88 Å². The molecule has 1 aliphatic rings. The van der Waals surface area contributed by atoms with Crippen LogP contribution >= 0.6 is 0 Å². The molecule has 0 saturated carbocycles. The van der Waals surface area contributed by atoms with Gasteiger partial charge in [-0.15, -0.1) is 0 Å². The van der Waals surface area contributed by atoms with E-state index >= 15 is 0 Å². The van der Waals surface area contributed by atoms with Crippen molar-refractivity contribution in [2.75, 3.05) is 43.5 Å². The highest BCUT2D eigenvalue weighted by molar-refractivity contribution is 5.94. The number of hydrogen-bond acceptors (Lipinski definition) is 8. The quantitative estimate of drug-likeness (QED) is 0.705. The number of piperazine rings is 1. The van der Waals surface area contributed by atoms with E-state index in [0.29, 0.717) is 43.4 Å². The van der Waals surface area contributed by atoms with E-state index in [1.165, 1.54) is 6.33 Å². The molecule has 0 aliphatic carbocycles. The fraction of sp³-hybridized carbons (Fsp3) is 0.250. The van der Waals surface area contributed by atoms with Crippen LogP contribution in [-0.2, 0) is 0 Å². The first kappa shape index (κ1) is 18.6. The second-order valence-electron chi connectivity index (χ2n) is 6.47. The molecule has 0 radical (unpaired) electrons. The van der Waals surface area contributed by atoms with Crippen molar-refractivity contribution in [3.63, 3.8) is 0 Å². The minimum absolute atomic E-state index is 0.0278. The number of carbonyl (C=O) groups is 1. The van der Waals surface area contributed by atoms with E-state index in [1.807, 2.05) is 29.2 Å². The Bertz CT molecular complexity index is 958. The van der Waals surface area contributed by atoms with E-state index < -0.39 is 0 Å². The maximum Gasteiger partial charge on any atom is 0.255 e. The number of hydrogen-bond donors (Lipinski definition) is 1. The Morgan fingerprint density at radius 1 is 1.00 bits per heavy atom. The van der Waals surface area contributed by atoms with Gasteiger partial charge in [-0.25, -0.2) is 19.9 Å². The van der Waals surface area contributed by atoms with Gasteiger partial charge in [0.2, 0.25) is 5.88 Å². The monoisotopic (exact) mass is 391 g/mol. The van der Waals surface area contributed by atoms with Crippen LogP contribution in [0.25, 0.3) is 0 Å². The Kier molecular flexibility index (Phi) is 5.46. The molecule has 1 amide bonds. The van der Waals surface area contributed by atoms with E-state index in [2.05, 4.69) is 30.2 Å². The third-order valence-corrected chi connectivity index (χ3v) is 4.66. The highest BCUT2D eigenvalue weighted by Crippen LogP contribution is 2.19. The number of nitrogens with one attached hydrogen (secondary N) is 1. The lowest BCUT2D eigenvalue weighted by Gasteiger charge is -2.35. The molecule has 1 aliphatic heterocycles. The Balaban J connectivity index is 1.38. The largest absolute Gasteiger partial charge is 0.481 e. The molecule has 1 saturated heterocycles. The fourth-order valence-electron chi connectivity index (χ4n) is 3.11. The lowest BCUT2D eigenvalue weighted by Crippen LogP contribution is -2.49. The Labute approximate surface area is 168 Å². The summed E-state index contributed by atoms with van der Waals surface area (Å²) < 4.78 is 5.04. The van der Waals surface area contributed by atoms with Crippen LogP contribution < -0.4 is 15.0 Å². The molecule has 4 heterocycles. The van der Waals surface area contributed by atoms with Gasteiger partial charge < -0.3 is 19.9 Å². The smallest absolute Gasteiger partial charge is 0.255 e. The molecule has 3 aromatic rings. The summed E-state index contributed by atoms with van der Waals surface area (Å²) in [4.78, 5) is 33.6. The van der Waals surface area contributed by atoms with Crippen LogP contribution in [0.3, 0.4) is 0 Å². The van der Waals surface area contributed by atoms with Crippen LogP contribution in [0.2, 0.25) is 0 Å². The molecule has 0 bridgehead atoms. The number of anilines is 3. The minimum atomic E-state index is -0.0278. The third-order valence-electron chi connectivity index (χ3n) is 4.66. The van der Waals surface area contributed by atoms with Crippen LogP contribution in [0.15, 0.2) is 55.1 Å². The standard InChI is InChI=1S/C20H21N7O2/c1-29-19-6-5-15(13-22-19)20(28)27-10-8-26(9-11-27)18-12-17(23-14-24-18)25-16-4-2-3-7-21-16/h2-7,12-14H,8-11H2,1H3,(H,21,23,24,25). The van der Waals surface area contributed by atoms with Gasteiger partial charge in [0.1, 0.15) is 23.8 Å². The molecule has 0 atom stereocenters. The average molecular weight is 391 g/mol. The zero-order chi connectivity index (χ0) is 20.1. The highest BCUT2D eigenvalue weighted by atomic mass is 16.5. The molecule has 9 heteroatoms. The SMILES string of the molecule is COc1ccc(C(=O)N2CCN(c3cc(Nc4ccccn4)ncn3)CC2)cn1. The first-order chi connectivity index (χ1) is 14.2. The molecule has 4 rings (SSSR count). The van der Waals surface area contributed by atoms with Gasteiger partial charge >= 0.3 is 0 Å². The number of carbonyl (C=O) groups excluding carboxylic acids is 1. The van der Waals surface area contributed by atoms with Crippen molar-refractivity contribution in [2.24, 2.45) is 0 Å². The molecule has 1 fully saturated rings. The molecule has 0 aromatic carbocycles. The third kappa shape index (κ3) is 4.40. The van der Waals surface area contributed by atoms with Crippen LogP contribution in [0, 0.1) is 0 Å². The topological polar surface area (TPSA) is 96.4 Å². The van der Waals surface area contributed by atoms with E-state index in [-0.39, 0.29) is 5.91 Å². The molecular weight excluding hydrogens is 370 g/mol. The number of aromatic nitrogens is 4. The number of ether oxygens (including phenoxy) is 1. The van der Waals surface area contributed by atoms with Crippen molar-refractivity contribution < 1.29 is 9.53 Å². The molecule has 29 heavy (non-hydrogen) atoms. The highest BCUT2D eigenvalue weighted by Gasteiger charge is 2.23. The summed E-state index contributed by atoms with van der Waals surface area (Å²) in [7, 11) is 1.55. The van der Waals surface area contributed by atoms with Gasteiger partial charge in [-0.1, -0.05) is 6.07 Å². The van der Waals surface area contributed by atoms with Gasteiger partial charge in [0.15, 0.2) is 0 Å². The molecule has 0 unspecified atom stereocenters. The first-order valence-electron chi connectivity index (χ1n) is 9.27. The van der Waals surface area contributed by atoms with Crippen molar-refractivity contribution >= 4 is 23.4 Å². The lowest BCUT2D eigenvalue weighted by molar-refractivity contribution is 0.0746. The van der Waals surface area contributed by atoms with Gasteiger partial charge in [-0.2, -0.15) is 0 Å². The van der Waals surface area contributed by atoms with Crippen LogP contribution in [0.5, 0.6) is 5.88 Å². The number of pyridine rings is 2. The van der Waals surface area contributed by atoms with Crippen LogP contribution in [-0.4, -0.2) is 64.0 Å². The number of rotatable bonds is 5. The maximum absolute atomic E-state index is 12.7. The van der Waals surface area contributed by atoms with E-state index in [0.717, 1.165) is 11.6 Å². The summed E-state index contributed by atoms with van der Waals surface area (Å²) in [6.45, 7) is 2.60. The number of nitrogens with zero attached hydrogens (tertiary/aromatic N) is 6. The second kappa shape index (κ2) is 8.51. The minimum Gasteiger partial charge on any atom is -0.481 e. The first-order valence-corrected chi connectivity index (χ1v) is 9.27. The van der Waals surface area contributed by atoms with Crippen molar-refractivity contribution in [2.45, 2.75) is 0 Å². The molecular formula is C20H21N7O2. The second-order valence-corrected chi connectivity index (χ2v) is 6.47. The van der Waals surface area contributed by atoms with Crippen molar-refractivity contribution in [1.29, 1.82) is 0 Å². The maximum atomic E-state index is 12.7. The van der Waals surface area contributed by atoms with Gasteiger partial charge in [-0.05, 0) is 18.2 Å². The van der Waals surface area contributed by atoms with Gasteiger partial charge in [0.05, 0.1) is 12.7 Å². The van der Waals surface area contributed by atoms with Gasteiger partial charge in [0, 0.05) is 50.7 Å². The Morgan fingerprint density at radius 2 is 1.86 bits per heavy atom. The lowest BCUT2D eigenvalue weighted by atomic mass is 10.2. The zero-order valence-corrected chi connectivity index (χ0v) is 16.0. The fourth-order valence-corrected chi connectivity index (χ4v) is 3.11. The summed E-state index contributed by atoms with van der Waals surface area (Å²) in [6.07, 6.45) is 4.80. The molecule has 148 valence electrons. The Morgan fingerprint density at radius 3 is 2.55 bits per heavy atom. The summed E-state index contributed by atoms with van der Waals surface area (Å²) in [6, 6.07) is 11.0. The summed E-state index contributed by atoms with van der Waals surface area (Å²) in [5.74, 6) is 2.68.